The average molecular weight is 415 g/mol. The fourth-order valence-corrected chi connectivity index (χ4v) is 4.41. The van der Waals surface area contributed by atoms with Crippen molar-refractivity contribution in [2.75, 3.05) is 19.9 Å². The molecule has 6 nitrogen and oxygen atoms in total. The van der Waals surface area contributed by atoms with Crippen molar-refractivity contribution in [2.24, 2.45) is 0 Å². The maximum atomic E-state index is 13.2. The van der Waals surface area contributed by atoms with Crippen LogP contribution in [0.5, 0.6) is 11.5 Å². The van der Waals surface area contributed by atoms with E-state index >= 15 is 0 Å². The number of carbonyl (C=O) groups is 1. The van der Waals surface area contributed by atoms with Gasteiger partial charge in [0.1, 0.15) is 5.82 Å². The minimum absolute atomic E-state index is 0.0263. The molecule has 3 aromatic rings. The summed E-state index contributed by atoms with van der Waals surface area (Å²) in [6.45, 7) is 3.54. The molecule has 1 unspecified atom stereocenters. The molecule has 0 spiro atoms. The highest BCUT2D eigenvalue weighted by atomic mass is 16.7. The molecule has 0 saturated carbocycles. The number of nitrogens with zero attached hydrogens (tertiary/aromatic N) is 3. The van der Waals surface area contributed by atoms with Gasteiger partial charge in [0, 0.05) is 37.2 Å². The van der Waals surface area contributed by atoms with Crippen molar-refractivity contribution in [2.45, 2.75) is 32.1 Å². The van der Waals surface area contributed by atoms with Gasteiger partial charge in [0.05, 0.1) is 5.69 Å². The minimum Gasteiger partial charge on any atom is -0.454 e. The molecule has 0 aliphatic carbocycles. The van der Waals surface area contributed by atoms with Crippen molar-refractivity contribution < 1.29 is 14.3 Å². The summed E-state index contributed by atoms with van der Waals surface area (Å²) >= 11 is 0. The Hall–Kier alpha value is -3.41. The Balaban J connectivity index is 1.38. The lowest BCUT2D eigenvalue weighted by molar-refractivity contribution is 0.0705. The summed E-state index contributed by atoms with van der Waals surface area (Å²) < 4.78 is 10.8. The number of piperidine rings is 1. The Kier molecular flexibility index (Phi) is 5.28. The molecule has 2 aliphatic rings. The van der Waals surface area contributed by atoms with Crippen LogP contribution in [0.15, 0.2) is 54.7 Å². The normalized spacial score (nSPS) is 17.6. The monoisotopic (exact) mass is 415 g/mol. The second-order valence-electron chi connectivity index (χ2n) is 8.15. The Morgan fingerprint density at radius 1 is 1.13 bits per heavy atom. The van der Waals surface area contributed by atoms with Crippen LogP contribution in [0.2, 0.25) is 0 Å². The second-order valence-corrected chi connectivity index (χ2v) is 8.15. The first-order chi connectivity index (χ1) is 15.2. The topological polar surface area (TPSA) is 64.6 Å². The molecule has 1 atom stereocenters. The predicted molar refractivity (Wildman–Crippen MR) is 116 cm³/mol. The number of likely N-dealkylation sites (tertiary alicyclic amines) is 1. The molecule has 1 saturated heterocycles. The van der Waals surface area contributed by atoms with Crippen molar-refractivity contribution in [1.29, 1.82) is 0 Å². The molecular weight excluding hydrogens is 390 g/mol. The summed E-state index contributed by atoms with van der Waals surface area (Å²) in [5.74, 6) is 2.32. The smallest absolute Gasteiger partial charge is 0.254 e. The molecule has 158 valence electrons. The number of hydrogen-bond donors (Lipinski definition) is 0. The Morgan fingerprint density at radius 3 is 2.84 bits per heavy atom. The summed E-state index contributed by atoms with van der Waals surface area (Å²) in [4.78, 5) is 24.4. The third kappa shape index (κ3) is 4.10. The molecule has 1 aromatic heterocycles. The van der Waals surface area contributed by atoms with Crippen LogP contribution >= 0.6 is 0 Å². The molecule has 1 amide bonds. The average Bonchev–Trinajstić information content (AvgIpc) is 3.28. The number of benzene rings is 2. The molecule has 6 heteroatoms. The van der Waals surface area contributed by atoms with Crippen molar-refractivity contribution in [3.8, 4) is 11.5 Å². The van der Waals surface area contributed by atoms with E-state index in [2.05, 4.69) is 29.2 Å². The van der Waals surface area contributed by atoms with Gasteiger partial charge < -0.3 is 14.4 Å². The highest BCUT2D eigenvalue weighted by Gasteiger charge is 2.29. The Bertz CT molecular complexity index is 1100. The molecule has 3 heterocycles. The summed E-state index contributed by atoms with van der Waals surface area (Å²) in [5.41, 5.74) is 4.08. The lowest BCUT2D eigenvalue weighted by Gasteiger charge is -2.33. The van der Waals surface area contributed by atoms with Crippen LogP contribution in [-0.4, -0.2) is 40.7 Å². The maximum absolute atomic E-state index is 13.2. The van der Waals surface area contributed by atoms with E-state index in [0.717, 1.165) is 42.9 Å². The van der Waals surface area contributed by atoms with E-state index in [1.54, 1.807) is 6.07 Å². The number of rotatable bonds is 4. The zero-order valence-electron chi connectivity index (χ0n) is 17.6. The zero-order valence-corrected chi connectivity index (χ0v) is 17.6. The number of fused-ring (bicyclic) bond motifs is 1. The van der Waals surface area contributed by atoms with Crippen LogP contribution in [0.3, 0.4) is 0 Å². The van der Waals surface area contributed by atoms with Crippen LogP contribution in [-0.2, 0) is 6.42 Å². The highest BCUT2D eigenvalue weighted by molar-refractivity contribution is 5.95. The Morgan fingerprint density at radius 2 is 1.97 bits per heavy atom. The van der Waals surface area contributed by atoms with Crippen molar-refractivity contribution in [3.63, 3.8) is 0 Å². The van der Waals surface area contributed by atoms with E-state index in [1.807, 2.05) is 36.2 Å². The maximum Gasteiger partial charge on any atom is 0.254 e. The number of amides is 1. The van der Waals surface area contributed by atoms with Crippen LogP contribution in [0.25, 0.3) is 0 Å². The number of hydrogen-bond acceptors (Lipinski definition) is 5. The summed E-state index contributed by atoms with van der Waals surface area (Å²) in [6.07, 6.45) is 4.71. The van der Waals surface area contributed by atoms with Crippen molar-refractivity contribution in [3.05, 3.63) is 82.9 Å². The molecule has 0 bridgehead atoms. The molecule has 5 rings (SSSR count). The van der Waals surface area contributed by atoms with Gasteiger partial charge in [0.2, 0.25) is 6.79 Å². The van der Waals surface area contributed by atoms with Crippen molar-refractivity contribution >= 4 is 5.91 Å². The van der Waals surface area contributed by atoms with Gasteiger partial charge >= 0.3 is 0 Å². The summed E-state index contributed by atoms with van der Waals surface area (Å²) in [5, 5.41) is 0. The second kappa shape index (κ2) is 8.38. The molecular formula is C25H25N3O3. The molecule has 31 heavy (non-hydrogen) atoms. The van der Waals surface area contributed by atoms with Gasteiger partial charge in [0.15, 0.2) is 11.5 Å². The van der Waals surface area contributed by atoms with E-state index in [1.165, 1.54) is 5.56 Å². The third-order valence-electron chi connectivity index (χ3n) is 5.97. The third-order valence-corrected chi connectivity index (χ3v) is 5.97. The summed E-state index contributed by atoms with van der Waals surface area (Å²) in [6, 6.07) is 15.8. The van der Waals surface area contributed by atoms with E-state index in [9.17, 15) is 4.79 Å². The van der Waals surface area contributed by atoms with Gasteiger partial charge in [-0.3, -0.25) is 4.79 Å². The number of aromatic nitrogens is 2. The quantitative estimate of drug-likeness (QED) is 0.641. The first kappa shape index (κ1) is 19.5. The van der Waals surface area contributed by atoms with Crippen LogP contribution in [0.4, 0.5) is 0 Å². The molecule has 0 N–H and O–H groups in total. The Labute approximate surface area is 181 Å². The number of aryl methyl sites for hydroxylation is 1. The van der Waals surface area contributed by atoms with Gasteiger partial charge in [-0.1, -0.05) is 30.3 Å². The van der Waals surface area contributed by atoms with Gasteiger partial charge in [0.25, 0.3) is 5.91 Å². The zero-order chi connectivity index (χ0) is 21.2. The molecule has 2 aliphatic heterocycles. The fraction of sp³-hybridized carbons (Fsp3) is 0.320. The standard InChI is InChI=1S/C25H25N3O3/c1-17-26-14-21(12-18-6-3-2-4-7-18)24(27-17)20-8-5-11-28(15-20)25(29)19-9-10-22-23(13-19)31-16-30-22/h2-4,6-7,9-10,13-14,20H,5,8,11-12,15-16H2,1H3. The van der Waals surface area contributed by atoms with Crippen LogP contribution < -0.4 is 9.47 Å². The summed E-state index contributed by atoms with van der Waals surface area (Å²) in [7, 11) is 0. The van der Waals surface area contributed by atoms with Crippen LogP contribution in [0, 0.1) is 6.92 Å². The first-order valence-electron chi connectivity index (χ1n) is 10.7. The largest absolute Gasteiger partial charge is 0.454 e. The lowest BCUT2D eigenvalue weighted by Crippen LogP contribution is -2.39. The highest BCUT2D eigenvalue weighted by Crippen LogP contribution is 2.34. The minimum atomic E-state index is 0.0263. The first-order valence-corrected chi connectivity index (χ1v) is 10.7. The van der Waals surface area contributed by atoms with E-state index in [0.29, 0.717) is 23.6 Å². The fourth-order valence-electron chi connectivity index (χ4n) is 4.41. The number of carbonyl (C=O) groups excluding carboxylic acids is 1. The lowest BCUT2D eigenvalue weighted by atomic mass is 9.90. The predicted octanol–water partition coefficient (Wildman–Crippen LogP) is 4.12. The molecule has 0 radical (unpaired) electrons. The SMILES string of the molecule is Cc1ncc(Cc2ccccc2)c(C2CCCN(C(=O)c3ccc4c(c3)OCO4)C2)n1. The van der Waals surface area contributed by atoms with Gasteiger partial charge in [-0.05, 0) is 49.1 Å². The van der Waals surface area contributed by atoms with Crippen molar-refractivity contribution in [1.82, 2.24) is 14.9 Å². The van der Waals surface area contributed by atoms with E-state index < -0.39 is 0 Å². The van der Waals surface area contributed by atoms with E-state index in [4.69, 9.17) is 14.5 Å². The molecule has 2 aromatic carbocycles. The van der Waals surface area contributed by atoms with Gasteiger partial charge in [-0.25, -0.2) is 9.97 Å². The van der Waals surface area contributed by atoms with E-state index in [-0.39, 0.29) is 18.6 Å². The number of ether oxygens (including phenoxy) is 2. The van der Waals surface area contributed by atoms with Crippen LogP contribution in [0.1, 0.15) is 51.8 Å². The van der Waals surface area contributed by atoms with Gasteiger partial charge in [-0.15, -0.1) is 0 Å². The van der Waals surface area contributed by atoms with Gasteiger partial charge in [-0.2, -0.15) is 0 Å². The molecule has 1 fully saturated rings.